The van der Waals surface area contributed by atoms with Crippen LogP contribution in [-0.4, -0.2) is 40.5 Å². The zero-order chi connectivity index (χ0) is 14.6. The fourth-order valence-corrected chi connectivity index (χ4v) is 2.26. The third-order valence-corrected chi connectivity index (χ3v) is 3.27. The van der Waals surface area contributed by atoms with Gasteiger partial charge < -0.3 is 5.11 Å². The molecule has 0 saturated carbocycles. The van der Waals surface area contributed by atoms with E-state index in [4.69, 9.17) is 11.6 Å². The molecule has 0 spiro atoms. The van der Waals surface area contributed by atoms with Crippen LogP contribution in [0.25, 0.3) is 0 Å². The first kappa shape index (κ1) is 16.2. The first-order valence-electron chi connectivity index (χ1n) is 6.51. The molecule has 0 aliphatic heterocycles. The van der Waals surface area contributed by atoms with Gasteiger partial charge in [-0.05, 0) is 39.4 Å². The molecule has 1 aromatic carbocycles. The number of hydrogen-bond donors (Lipinski definition) is 1. The number of ketones is 1. The molecule has 1 aromatic rings. The van der Waals surface area contributed by atoms with Crippen molar-refractivity contribution in [3.63, 3.8) is 0 Å². The highest BCUT2D eigenvalue weighted by atomic mass is 35.5. The molecule has 0 amide bonds. The Morgan fingerprint density at radius 2 is 2.11 bits per heavy atom. The first-order valence-corrected chi connectivity index (χ1v) is 6.88. The summed E-state index contributed by atoms with van der Waals surface area (Å²) in [5, 5.41) is 10.4. The second kappa shape index (κ2) is 6.51. The van der Waals surface area contributed by atoms with Gasteiger partial charge in [-0.1, -0.05) is 30.7 Å². The maximum atomic E-state index is 12.4. The molecule has 106 valence electrons. The summed E-state index contributed by atoms with van der Waals surface area (Å²) in [7, 11) is 0. The SMILES string of the molecule is CCN(CC(C)(C)O)C(C)C(=O)c1cccc(Cl)c1. The van der Waals surface area contributed by atoms with E-state index in [9.17, 15) is 9.90 Å². The number of benzene rings is 1. The Morgan fingerprint density at radius 1 is 1.47 bits per heavy atom. The Kier molecular flexibility index (Phi) is 5.53. The normalized spacial score (nSPS) is 13.6. The molecule has 0 fully saturated rings. The van der Waals surface area contributed by atoms with Gasteiger partial charge in [-0.25, -0.2) is 0 Å². The lowest BCUT2D eigenvalue weighted by Crippen LogP contribution is -2.46. The van der Waals surface area contributed by atoms with Gasteiger partial charge in [-0.3, -0.25) is 9.69 Å². The van der Waals surface area contributed by atoms with Gasteiger partial charge in [0.1, 0.15) is 0 Å². The van der Waals surface area contributed by atoms with E-state index >= 15 is 0 Å². The molecular formula is C15H22ClNO2. The molecule has 1 unspecified atom stereocenters. The van der Waals surface area contributed by atoms with E-state index in [1.165, 1.54) is 0 Å². The number of carbonyl (C=O) groups is 1. The number of rotatable bonds is 6. The number of Topliss-reactive ketones (excluding diaryl/α,β-unsaturated/α-hetero) is 1. The van der Waals surface area contributed by atoms with Crippen LogP contribution >= 0.6 is 11.6 Å². The van der Waals surface area contributed by atoms with Crippen molar-refractivity contribution in [1.82, 2.24) is 4.90 Å². The van der Waals surface area contributed by atoms with Crippen molar-refractivity contribution in [3.05, 3.63) is 34.9 Å². The summed E-state index contributed by atoms with van der Waals surface area (Å²) in [4.78, 5) is 14.4. The van der Waals surface area contributed by atoms with Gasteiger partial charge in [0.05, 0.1) is 11.6 Å². The van der Waals surface area contributed by atoms with Gasteiger partial charge in [0.2, 0.25) is 0 Å². The molecule has 4 heteroatoms. The largest absolute Gasteiger partial charge is 0.389 e. The highest BCUT2D eigenvalue weighted by molar-refractivity contribution is 6.31. The minimum atomic E-state index is -0.821. The highest BCUT2D eigenvalue weighted by Crippen LogP contribution is 2.16. The Balaban J connectivity index is 2.85. The van der Waals surface area contributed by atoms with Crippen molar-refractivity contribution in [3.8, 4) is 0 Å². The quantitative estimate of drug-likeness (QED) is 0.816. The lowest BCUT2D eigenvalue weighted by atomic mass is 10.0. The highest BCUT2D eigenvalue weighted by Gasteiger charge is 2.26. The molecule has 3 nitrogen and oxygen atoms in total. The number of hydrogen-bond acceptors (Lipinski definition) is 3. The summed E-state index contributed by atoms with van der Waals surface area (Å²) < 4.78 is 0. The predicted octanol–water partition coefficient (Wildman–Crippen LogP) is 3.00. The van der Waals surface area contributed by atoms with E-state index in [-0.39, 0.29) is 11.8 Å². The van der Waals surface area contributed by atoms with E-state index in [0.29, 0.717) is 23.7 Å². The summed E-state index contributed by atoms with van der Waals surface area (Å²) >= 11 is 5.91. The number of aliphatic hydroxyl groups is 1. The Hall–Kier alpha value is -0.900. The Labute approximate surface area is 120 Å². The molecule has 0 aliphatic rings. The summed E-state index contributed by atoms with van der Waals surface area (Å²) in [6.07, 6.45) is 0. The fraction of sp³-hybridized carbons (Fsp3) is 0.533. The van der Waals surface area contributed by atoms with Crippen LogP contribution in [-0.2, 0) is 0 Å². The van der Waals surface area contributed by atoms with Crippen molar-refractivity contribution in [2.24, 2.45) is 0 Å². The average Bonchev–Trinajstić information content (AvgIpc) is 2.33. The molecule has 0 radical (unpaired) electrons. The van der Waals surface area contributed by atoms with Crippen LogP contribution in [0.1, 0.15) is 38.1 Å². The summed E-state index contributed by atoms with van der Waals surface area (Å²) in [6, 6.07) is 6.68. The van der Waals surface area contributed by atoms with E-state index in [1.54, 1.807) is 38.1 Å². The van der Waals surface area contributed by atoms with Crippen LogP contribution in [0.15, 0.2) is 24.3 Å². The van der Waals surface area contributed by atoms with Crippen molar-refractivity contribution in [2.75, 3.05) is 13.1 Å². The molecule has 1 N–H and O–H groups in total. The summed E-state index contributed by atoms with van der Waals surface area (Å²) in [5.41, 5.74) is -0.215. The molecule has 1 rings (SSSR count). The second-order valence-corrected chi connectivity index (χ2v) is 5.86. The molecule has 19 heavy (non-hydrogen) atoms. The molecule has 0 aromatic heterocycles. The van der Waals surface area contributed by atoms with Crippen LogP contribution in [0.5, 0.6) is 0 Å². The maximum Gasteiger partial charge on any atom is 0.179 e. The zero-order valence-electron chi connectivity index (χ0n) is 12.0. The standard InChI is InChI=1S/C15H22ClNO2/c1-5-17(10-15(3,4)19)11(2)14(18)12-7-6-8-13(16)9-12/h6-9,11,19H,5,10H2,1-4H3. The predicted molar refractivity (Wildman–Crippen MR) is 78.8 cm³/mol. The average molecular weight is 284 g/mol. The van der Waals surface area contributed by atoms with Gasteiger partial charge >= 0.3 is 0 Å². The summed E-state index contributed by atoms with van der Waals surface area (Å²) in [5.74, 6) is 0.0219. The third-order valence-electron chi connectivity index (χ3n) is 3.03. The zero-order valence-corrected chi connectivity index (χ0v) is 12.7. The van der Waals surface area contributed by atoms with Crippen LogP contribution < -0.4 is 0 Å². The van der Waals surface area contributed by atoms with Crippen molar-refractivity contribution in [1.29, 1.82) is 0 Å². The van der Waals surface area contributed by atoms with Gasteiger partial charge in [0.25, 0.3) is 0 Å². The minimum absolute atomic E-state index is 0.0219. The minimum Gasteiger partial charge on any atom is -0.389 e. The topological polar surface area (TPSA) is 40.5 Å². The van der Waals surface area contributed by atoms with Gasteiger partial charge in [-0.15, -0.1) is 0 Å². The van der Waals surface area contributed by atoms with Gasteiger partial charge in [0.15, 0.2) is 5.78 Å². The number of likely N-dealkylation sites (N-methyl/N-ethyl adjacent to an activating group) is 1. The smallest absolute Gasteiger partial charge is 0.179 e. The molecule has 0 aliphatic carbocycles. The fourth-order valence-electron chi connectivity index (χ4n) is 2.07. The van der Waals surface area contributed by atoms with E-state index in [1.807, 2.05) is 18.7 Å². The lowest BCUT2D eigenvalue weighted by molar-refractivity contribution is 0.0254. The Bertz CT molecular complexity index is 440. The van der Waals surface area contributed by atoms with Gasteiger partial charge in [0, 0.05) is 17.1 Å². The molecule has 0 saturated heterocycles. The molecule has 1 atom stereocenters. The molecular weight excluding hydrogens is 262 g/mol. The second-order valence-electron chi connectivity index (χ2n) is 5.43. The van der Waals surface area contributed by atoms with Crippen LogP contribution in [0, 0.1) is 0 Å². The monoisotopic (exact) mass is 283 g/mol. The molecule has 0 heterocycles. The Morgan fingerprint density at radius 3 is 2.58 bits per heavy atom. The van der Waals surface area contributed by atoms with E-state index in [0.717, 1.165) is 0 Å². The lowest BCUT2D eigenvalue weighted by Gasteiger charge is -2.32. The third kappa shape index (κ3) is 4.94. The summed E-state index contributed by atoms with van der Waals surface area (Å²) in [6.45, 7) is 8.49. The first-order chi connectivity index (χ1) is 8.74. The number of nitrogens with zero attached hydrogens (tertiary/aromatic N) is 1. The van der Waals surface area contributed by atoms with Crippen molar-refractivity contribution >= 4 is 17.4 Å². The van der Waals surface area contributed by atoms with Crippen molar-refractivity contribution in [2.45, 2.75) is 39.3 Å². The van der Waals surface area contributed by atoms with Crippen LogP contribution in [0.4, 0.5) is 0 Å². The maximum absolute atomic E-state index is 12.4. The number of carbonyl (C=O) groups excluding carboxylic acids is 1. The van der Waals surface area contributed by atoms with Crippen LogP contribution in [0.3, 0.4) is 0 Å². The van der Waals surface area contributed by atoms with E-state index in [2.05, 4.69) is 0 Å². The molecule has 0 bridgehead atoms. The van der Waals surface area contributed by atoms with Crippen molar-refractivity contribution < 1.29 is 9.90 Å². The van der Waals surface area contributed by atoms with E-state index < -0.39 is 5.60 Å². The van der Waals surface area contributed by atoms with Gasteiger partial charge in [-0.2, -0.15) is 0 Å². The number of halogens is 1. The van der Waals surface area contributed by atoms with Crippen LogP contribution in [0.2, 0.25) is 5.02 Å².